The van der Waals surface area contributed by atoms with E-state index in [1.54, 1.807) is 42.6 Å². The van der Waals surface area contributed by atoms with Crippen molar-refractivity contribution in [2.24, 2.45) is 0 Å². The number of aliphatic hydroxyl groups excluding tert-OH is 1. The van der Waals surface area contributed by atoms with Crippen LogP contribution in [0.4, 0.5) is 5.69 Å². The number of carbonyl (C=O) groups is 2. The molecule has 0 bridgehead atoms. The number of ether oxygens (including phenoxy) is 1. The zero-order valence-electron chi connectivity index (χ0n) is 20.1. The number of methoxy groups -OCH3 is 1. The molecule has 2 heterocycles. The van der Waals surface area contributed by atoms with Gasteiger partial charge in [0.05, 0.1) is 36.5 Å². The number of benzene rings is 2. The Morgan fingerprint density at radius 3 is 2.31 bits per heavy atom. The highest BCUT2D eigenvalue weighted by Gasteiger charge is 2.46. The van der Waals surface area contributed by atoms with Crippen LogP contribution in [0.3, 0.4) is 0 Å². The molecular weight excluding hydrogens is 442 g/mol. The summed E-state index contributed by atoms with van der Waals surface area (Å²) < 4.78 is 5.40. The summed E-state index contributed by atoms with van der Waals surface area (Å²) >= 11 is 0. The molecule has 1 aliphatic heterocycles. The molecule has 0 radical (unpaired) electrons. The average Bonchev–Trinajstić information content (AvgIpc) is 3.15. The predicted octanol–water partition coefficient (Wildman–Crippen LogP) is 4.56. The summed E-state index contributed by atoms with van der Waals surface area (Å²) in [4.78, 5) is 34.5. The van der Waals surface area contributed by atoms with Gasteiger partial charge in [-0.25, -0.2) is 0 Å². The number of ketones is 1. The number of para-hydroxylation sites is 1. The van der Waals surface area contributed by atoms with Crippen LogP contribution in [0.5, 0.6) is 5.75 Å². The van der Waals surface area contributed by atoms with E-state index in [1.807, 2.05) is 30.3 Å². The fraction of sp³-hybridized carbons (Fsp3) is 0.250. The van der Waals surface area contributed by atoms with E-state index in [9.17, 15) is 14.7 Å². The maximum absolute atomic E-state index is 13.3. The first-order chi connectivity index (χ1) is 17.0. The minimum Gasteiger partial charge on any atom is -0.507 e. The van der Waals surface area contributed by atoms with Crippen molar-refractivity contribution in [2.45, 2.75) is 26.4 Å². The molecule has 1 aromatic heterocycles. The topological polar surface area (TPSA) is 83.0 Å². The first-order valence-corrected chi connectivity index (χ1v) is 11.7. The van der Waals surface area contributed by atoms with Gasteiger partial charge in [-0.3, -0.25) is 14.6 Å². The molecule has 1 saturated heterocycles. The van der Waals surface area contributed by atoms with Gasteiger partial charge >= 0.3 is 0 Å². The van der Waals surface area contributed by atoms with Crippen molar-refractivity contribution in [3.8, 4) is 5.75 Å². The molecule has 1 fully saturated rings. The maximum Gasteiger partial charge on any atom is 0.296 e. The third kappa shape index (κ3) is 4.62. The number of anilines is 1. The third-order valence-electron chi connectivity index (χ3n) is 6.30. The van der Waals surface area contributed by atoms with E-state index >= 15 is 0 Å². The van der Waals surface area contributed by atoms with Gasteiger partial charge in [-0.15, -0.1) is 0 Å². The number of nitrogens with zero attached hydrogens (tertiary/aromatic N) is 3. The molecular formula is C28H29N3O4. The van der Waals surface area contributed by atoms with E-state index in [0.717, 1.165) is 24.3 Å². The summed E-state index contributed by atoms with van der Waals surface area (Å²) in [6.07, 6.45) is 1.65. The maximum atomic E-state index is 13.3. The van der Waals surface area contributed by atoms with Crippen molar-refractivity contribution in [1.29, 1.82) is 0 Å². The lowest BCUT2D eigenvalue weighted by Gasteiger charge is -2.26. The number of hydrogen-bond donors (Lipinski definition) is 1. The Labute approximate surface area is 205 Å². The Bertz CT molecular complexity index is 1230. The highest BCUT2D eigenvalue weighted by atomic mass is 16.5. The number of likely N-dealkylation sites (tertiary alicyclic amines) is 1. The molecule has 7 nitrogen and oxygen atoms in total. The van der Waals surface area contributed by atoms with Crippen LogP contribution in [-0.4, -0.2) is 46.9 Å². The normalized spacial score (nSPS) is 17.0. The van der Waals surface area contributed by atoms with Gasteiger partial charge in [0.25, 0.3) is 11.7 Å². The number of Topliss-reactive ketones (excluding diaryl/α,β-unsaturated/α-hetero) is 1. The lowest BCUT2D eigenvalue weighted by Crippen LogP contribution is -2.29. The molecule has 1 atom stereocenters. The second-order valence-corrected chi connectivity index (χ2v) is 8.21. The van der Waals surface area contributed by atoms with Gasteiger partial charge in [-0.1, -0.05) is 30.3 Å². The lowest BCUT2D eigenvalue weighted by atomic mass is 9.94. The van der Waals surface area contributed by atoms with Crippen LogP contribution in [0.15, 0.2) is 78.5 Å². The van der Waals surface area contributed by atoms with Crippen LogP contribution in [-0.2, 0) is 16.1 Å². The van der Waals surface area contributed by atoms with E-state index in [0.29, 0.717) is 17.0 Å². The summed E-state index contributed by atoms with van der Waals surface area (Å²) in [7, 11) is 1.50. The molecule has 3 aromatic rings. The second-order valence-electron chi connectivity index (χ2n) is 8.21. The number of amides is 1. The summed E-state index contributed by atoms with van der Waals surface area (Å²) in [6, 6.07) is 19.3. The monoisotopic (exact) mass is 471 g/mol. The van der Waals surface area contributed by atoms with Gasteiger partial charge in [-0.2, -0.15) is 0 Å². The number of hydrogen-bond acceptors (Lipinski definition) is 6. The largest absolute Gasteiger partial charge is 0.507 e. The molecule has 180 valence electrons. The number of pyridine rings is 1. The Hall–Kier alpha value is -4.13. The zero-order chi connectivity index (χ0) is 24.9. The molecule has 2 aromatic carbocycles. The number of aromatic nitrogens is 1. The molecule has 1 amide bonds. The molecule has 1 aliphatic rings. The Morgan fingerprint density at radius 1 is 1.00 bits per heavy atom. The molecule has 35 heavy (non-hydrogen) atoms. The minimum absolute atomic E-state index is 0.0334. The quantitative estimate of drug-likeness (QED) is 0.295. The van der Waals surface area contributed by atoms with Crippen LogP contribution >= 0.6 is 0 Å². The van der Waals surface area contributed by atoms with E-state index in [4.69, 9.17) is 4.74 Å². The minimum atomic E-state index is -0.771. The average molecular weight is 472 g/mol. The van der Waals surface area contributed by atoms with Crippen LogP contribution in [0.1, 0.15) is 36.7 Å². The number of carbonyl (C=O) groups excluding carboxylic acids is 2. The van der Waals surface area contributed by atoms with Gasteiger partial charge in [0.15, 0.2) is 0 Å². The lowest BCUT2D eigenvalue weighted by molar-refractivity contribution is -0.140. The van der Waals surface area contributed by atoms with Gasteiger partial charge in [-0.05, 0) is 55.8 Å². The fourth-order valence-electron chi connectivity index (χ4n) is 4.50. The molecule has 1 unspecified atom stereocenters. The van der Waals surface area contributed by atoms with E-state index in [-0.39, 0.29) is 17.9 Å². The number of rotatable bonds is 8. The van der Waals surface area contributed by atoms with Crippen molar-refractivity contribution in [3.63, 3.8) is 0 Å². The molecule has 0 aliphatic carbocycles. The summed E-state index contributed by atoms with van der Waals surface area (Å²) in [6.45, 7) is 6.04. The van der Waals surface area contributed by atoms with E-state index in [1.165, 1.54) is 12.0 Å². The third-order valence-corrected chi connectivity index (χ3v) is 6.30. The van der Waals surface area contributed by atoms with Gasteiger partial charge < -0.3 is 19.6 Å². The first kappa shape index (κ1) is 24.0. The fourth-order valence-corrected chi connectivity index (χ4v) is 4.50. The Balaban J connectivity index is 1.86. The van der Waals surface area contributed by atoms with Crippen molar-refractivity contribution in [2.75, 3.05) is 25.1 Å². The second kappa shape index (κ2) is 10.4. The van der Waals surface area contributed by atoms with Crippen molar-refractivity contribution in [3.05, 3.63) is 95.3 Å². The highest BCUT2D eigenvalue weighted by Crippen LogP contribution is 2.41. The van der Waals surface area contributed by atoms with Crippen LogP contribution in [0.25, 0.3) is 5.76 Å². The van der Waals surface area contributed by atoms with Crippen molar-refractivity contribution < 1.29 is 19.4 Å². The molecule has 4 rings (SSSR count). The van der Waals surface area contributed by atoms with Crippen molar-refractivity contribution >= 4 is 23.1 Å². The Kier molecular flexibility index (Phi) is 7.15. The summed E-state index contributed by atoms with van der Waals surface area (Å²) in [5.74, 6) is -1.26. The van der Waals surface area contributed by atoms with Gasteiger partial charge in [0.1, 0.15) is 11.5 Å². The summed E-state index contributed by atoms with van der Waals surface area (Å²) in [5.41, 5.74) is 2.82. The highest BCUT2D eigenvalue weighted by molar-refractivity contribution is 6.46. The van der Waals surface area contributed by atoms with E-state index < -0.39 is 17.7 Å². The molecule has 1 N–H and O–H groups in total. The van der Waals surface area contributed by atoms with Crippen LogP contribution in [0.2, 0.25) is 0 Å². The van der Waals surface area contributed by atoms with Crippen molar-refractivity contribution in [1.82, 2.24) is 9.88 Å². The smallest absolute Gasteiger partial charge is 0.296 e. The zero-order valence-corrected chi connectivity index (χ0v) is 20.1. The SMILES string of the molecule is CCN(CC)c1ccc(C2/C(=C(/O)c3ccccc3OC)C(=O)C(=O)N2Cc2ccccn2)cc1. The van der Waals surface area contributed by atoms with Crippen LogP contribution in [0, 0.1) is 0 Å². The molecule has 0 saturated carbocycles. The summed E-state index contributed by atoms with van der Waals surface area (Å²) in [5, 5.41) is 11.3. The molecule has 0 spiro atoms. The van der Waals surface area contributed by atoms with Gasteiger partial charge in [0, 0.05) is 25.0 Å². The molecule has 7 heteroatoms. The predicted molar refractivity (Wildman–Crippen MR) is 135 cm³/mol. The Morgan fingerprint density at radius 2 is 1.69 bits per heavy atom. The van der Waals surface area contributed by atoms with Gasteiger partial charge in [0.2, 0.25) is 0 Å². The first-order valence-electron chi connectivity index (χ1n) is 11.7. The van der Waals surface area contributed by atoms with Crippen LogP contribution < -0.4 is 9.64 Å². The van der Waals surface area contributed by atoms with E-state index in [2.05, 4.69) is 23.7 Å². The number of aliphatic hydroxyl groups is 1. The standard InChI is InChI=1S/C28H29N3O4/c1-4-30(5-2)21-15-13-19(14-16-21)25-24(26(32)22-11-6-7-12-23(22)35-3)27(33)28(34)31(25)18-20-10-8-9-17-29-20/h6-17,25,32H,4-5,18H2,1-3H3/b26-24-.